The van der Waals surface area contributed by atoms with Gasteiger partial charge < -0.3 is 20.1 Å². The van der Waals surface area contributed by atoms with Gasteiger partial charge in [0.25, 0.3) is 0 Å². The second-order valence-electron chi connectivity index (χ2n) is 7.11. The van der Waals surface area contributed by atoms with Crippen LogP contribution in [0.2, 0.25) is 0 Å². The molecule has 0 aromatic heterocycles. The van der Waals surface area contributed by atoms with E-state index in [1.165, 1.54) is 11.1 Å². The molecule has 6 nitrogen and oxygen atoms in total. The van der Waals surface area contributed by atoms with Gasteiger partial charge in [0.2, 0.25) is 0 Å². The lowest BCUT2D eigenvalue weighted by atomic mass is 10.1. The first-order chi connectivity index (χ1) is 14.3. The van der Waals surface area contributed by atoms with E-state index < -0.39 is 0 Å². The normalized spacial score (nSPS) is 14.7. The van der Waals surface area contributed by atoms with Crippen LogP contribution in [0, 0.1) is 0 Å². The van der Waals surface area contributed by atoms with Crippen LogP contribution in [-0.2, 0) is 24.4 Å². The minimum Gasteiger partial charge on any atom is -0.497 e. The minimum absolute atomic E-state index is 0. The summed E-state index contributed by atoms with van der Waals surface area (Å²) in [7, 11) is 1.68. The Bertz CT molecular complexity index is 777. The summed E-state index contributed by atoms with van der Waals surface area (Å²) in [4.78, 5) is 7.13. The van der Waals surface area contributed by atoms with E-state index in [1.807, 2.05) is 18.2 Å². The van der Waals surface area contributed by atoms with Gasteiger partial charge in [-0.15, -0.1) is 24.0 Å². The lowest BCUT2D eigenvalue weighted by molar-refractivity contribution is 0.0342. The zero-order chi connectivity index (χ0) is 20.3. The summed E-state index contributed by atoms with van der Waals surface area (Å²) in [6.07, 6.45) is 0. The third-order valence-corrected chi connectivity index (χ3v) is 4.89. The predicted octanol–water partition coefficient (Wildman–Crippen LogP) is 3.40. The molecule has 0 bridgehead atoms. The first-order valence-electron chi connectivity index (χ1n) is 10.3. The molecule has 1 aliphatic rings. The Morgan fingerprint density at radius 3 is 2.47 bits per heavy atom. The SMILES string of the molecule is CCNC(=NCc1cccc(OC)c1)NCc1ccc(CN2CCOCC2)cc1.I. The van der Waals surface area contributed by atoms with Gasteiger partial charge >= 0.3 is 0 Å². The molecule has 2 aromatic rings. The summed E-state index contributed by atoms with van der Waals surface area (Å²) in [6, 6.07) is 16.8. The van der Waals surface area contributed by atoms with Crippen molar-refractivity contribution in [2.75, 3.05) is 40.0 Å². The Balaban J connectivity index is 0.00000320. The number of benzene rings is 2. The van der Waals surface area contributed by atoms with E-state index in [-0.39, 0.29) is 24.0 Å². The van der Waals surface area contributed by atoms with Gasteiger partial charge in [-0.3, -0.25) is 4.90 Å². The molecule has 164 valence electrons. The van der Waals surface area contributed by atoms with Crippen molar-refractivity contribution in [2.24, 2.45) is 4.99 Å². The number of methoxy groups -OCH3 is 1. The van der Waals surface area contributed by atoms with Gasteiger partial charge in [-0.25, -0.2) is 4.99 Å². The second-order valence-corrected chi connectivity index (χ2v) is 7.11. The van der Waals surface area contributed by atoms with E-state index >= 15 is 0 Å². The monoisotopic (exact) mass is 524 g/mol. The highest BCUT2D eigenvalue weighted by molar-refractivity contribution is 14.0. The van der Waals surface area contributed by atoms with Crippen molar-refractivity contribution < 1.29 is 9.47 Å². The number of hydrogen-bond donors (Lipinski definition) is 2. The van der Waals surface area contributed by atoms with Crippen molar-refractivity contribution in [1.82, 2.24) is 15.5 Å². The van der Waals surface area contributed by atoms with Crippen molar-refractivity contribution in [2.45, 2.75) is 26.6 Å². The van der Waals surface area contributed by atoms with Gasteiger partial charge in [0.05, 0.1) is 26.9 Å². The van der Waals surface area contributed by atoms with Crippen LogP contribution >= 0.6 is 24.0 Å². The first kappa shape index (κ1) is 24.4. The molecule has 30 heavy (non-hydrogen) atoms. The Morgan fingerprint density at radius 1 is 1.03 bits per heavy atom. The maximum atomic E-state index is 5.42. The van der Waals surface area contributed by atoms with Gasteiger partial charge in [-0.1, -0.05) is 36.4 Å². The average Bonchev–Trinajstić information content (AvgIpc) is 2.77. The van der Waals surface area contributed by atoms with Crippen LogP contribution in [0.25, 0.3) is 0 Å². The molecule has 7 heteroatoms. The van der Waals surface area contributed by atoms with E-state index in [2.05, 4.69) is 57.8 Å². The van der Waals surface area contributed by atoms with Crippen LogP contribution in [0.15, 0.2) is 53.5 Å². The van der Waals surface area contributed by atoms with Crippen molar-refractivity contribution in [3.63, 3.8) is 0 Å². The van der Waals surface area contributed by atoms with Crippen molar-refractivity contribution >= 4 is 29.9 Å². The molecular formula is C23H33IN4O2. The number of aliphatic imine (C=N–C) groups is 1. The highest BCUT2D eigenvalue weighted by Gasteiger charge is 2.10. The van der Waals surface area contributed by atoms with Gasteiger partial charge in [0.1, 0.15) is 5.75 Å². The summed E-state index contributed by atoms with van der Waals surface area (Å²) in [6.45, 7) is 8.92. The molecule has 0 atom stereocenters. The lowest BCUT2D eigenvalue weighted by Gasteiger charge is -2.26. The number of nitrogens with one attached hydrogen (secondary N) is 2. The Kier molecular flexibility index (Phi) is 11.0. The molecule has 0 aliphatic carbocycles. The van der Waals surface area contributed by atoms with E-state index in [0.29, 0.717) is 6.54 Å². The number of hydrogen-bond acceptors (Lipinski definition) is 4. The smallest absolute Gasteiger partial charge is 0.191 e. The maximum Gasteiger partial charge on any atom is 0.191 e. The summed E-state index contributed by atoms with van der Waals surface area (Å²) < 4.78 is 10.7. The molecule has 1 saturated heterocycles. The number of nitrogens with zero attached hydrogens (tertiary/aromatic N) is 2. The average molecular weight is 524 g/mol. The summed E-state index contributed by atoms with van der Waals surface area (Å²) in [5.74, 6) is 1.67. The molecule has 2 aromatic carbocycles. The van der Waals surface area contributed by atoms with Gasteiger partial charge in [0, 0.05) is 32.7 Å². The Labute approximate surface area is 197 Å². The van der Waals surface area contributed by atoms with Crippen molar-refractivity contribution in [3.05, 3.63) is 65.2 Å². The van der Waals surface area contributed by atoms with Crippen molar-refractivity contribution in [3.8, 4) is 5.75 Å². The zero-order valence-electron chi connectivity index (χ0n) is 17.9. The topological polar surface area (TPSA) is 58.1 Å². The van der Waals surface area contributed by atoms with Crippen LogP contribution < -0.4 is 15.4 Å². The van der Waals surface area contributed by atoms with Crippen LogP contribution in [0.1, 0.15) is 23.6 Å². The van der Waals surface area contributed by atoms with E-state index in [1.54, 1.807) is 7.11 Å². The third-order valence-electron chi connectivity index (χ3n) is 4.89. The molecule has 0 amide bonds. The van der Waals surface area contributed by atoms with Crippen molar-refractivity contribution in [1.29, 1.82) is 0 Å². The fourth-order valence-corrected chi connectivity index (χ4v) is 3.25. The molecule has 0 spiro atoms. The number of ether oxygens (including phenoxy) is 2. The molecule has 0 unspecified atom stereocenters. The fraction of sp³-hybridized carbons (Fsp3) is 0.435. The summed E-state index contributed by atoms with van der Waals surface area (Å²) in [5, 5.41) is 6.72. The lowest BCUT2D eigenvalue weighted by Crippen LogP contribution is -2.36. The molecule has 1 aliphatic heterocycles. The summed E-state index contributed by atoms with van der Waals surface area (Å²) in [5.41, 5.74) is 3.70. The highest BCUT2D eigenvalue weighted by atomic mass is 127. The van der Waals surface area contributed by atoms with E-state index in [0.717, 1.165) is 63.2 Å². The standard InChI is InChI=1S/C23H32N4O2.HI/c1-3-24-23(26-17-21-5-4-6-22(15-21)28-2)25-16-19-7-9-20(10-8-19)18-27-11-13-29-14-12-27;/h4-10,15H,3,11-14,16-18H2,1-2H3,(H2,24,25,26);1H. The van der Waals surface area contributed by atoms with Gasteiger partial charge in [-0.05, 0) is 35.7 Å². The number of guanidine groups is 1. The fourth-order valence-electron chi connectivity index (χ4n) is 3.25. The van der Waals surface area contributed by atoms with Crippen LogP contribution in [0.5, 0.6) is 5.75 Å². The van der Waals surface area contributed by atoms with E-state index in [9.17, 15) is 0 Å². The van der Waals surface area contributed by atoms with Gasteiger partial charge in [0.15, 0.2) is 5.96 Å². The predicted molar refractivity (Wildman–Crippen MR) is 133 cm³/mol. The van der Waals surface area contributed by atoms with Crippen LogP contribution in [0.3, 0.4) is 0 Å². The molecular weight excluding hydrogens is 491 g/mol. The number of halogens is 1. The van der Waals surface area contributed by atoms with Gasteiger partial charge in [-0.2, -0.15) is 0 Å². The second kappa shape index (κ2) is 13.5. The number of morpholine rings is 1. The number of rotatable bonds is 8. The van der Waals surface area contributed by atoms with E-state index in [4.69, 9.17) is 9.47 Å². The Hall–Kier alpha value is -1.84. The molecule has 0 radical (unpaired) electrons. The first-order valence-corrected chi connectivity index (χ1v) is 10.3. The quantitative estimate of drug-likeness (QED) is 0.315. The maximum absolute atomic E-state index is 5.42. The molecule has 2 N–H and O–H groups in total. The highest BCUT2D eigenvalue weighted by Crippen LogP contribution is 2.13. The van der Waals surface area contributed by atoms with Crippen LogP contribution in [-0.4, -0.2) is 50.8 Å². The molecule has 3 rings (SSSR count). The molecule has 1 fully saturated rings. The van der Waals surface area contributed by atoms with Crippen LogP contribution in [0.4, 0.5) is 0 Å². The Morgan fingerprint density at radius 2 is 1.77 bits per heavy atom. The minimum atomic E-state index is 0. The summed E-state index contributed by atoms with van der Waals surface area (Å²) >= 11 is 0. The molecule has 1 heterocycles. The third kappa shape index (κ3) is 8.12. The largest absolute Gasteiger partial charge is 0.497 e. The zero-order valence-corrected chi connectivity index (χ0v) is 20.2. The molecule has 0 saturated carbocycles.